The highest BCUT2D eigenvalue weighted by atomic mass is 16.5. The van der Waals surface area contributed by atoms with Crippen LogP contribution in [0, 0.1) is 5.92 Å². The standard InChI is InChI=1S/C9H18BNO/c1-4-6-12-9(10,5-2)8(3)7-11/h4,8H,1,5-7,11H2,2-3H3. The molecule has 2 atom stereocenters. The second-order valence-electron chi connectivity index (χ2n) is 3.04. The van der Waals surface area contributed by atoms with Crippen LogP contribution in [0.2, 0.25) is 0 Å². The van der Waals surface area contributed by atoms with Gasteiger partial charge in [0.15, 0.2) is 0 Å². The van der Waals surface area contributed by atoms with Crippen molar-refractivity contribution in [3.05, 3.63) is 12.7 Å². The molecule has 3 heteroatoms. The molecular formula is C9H18BNO. The molecule has 2 radical (unpaired) electrons. The first-order valence-corrected chi connectivity index (χ1v) is 4.34. The summed E-state index contributed by atoms with van der Waals surface area (Å²) in [5, 5.41) is 0. The first-order chi connectivity index (χ1) is 5.60. The average molecular weight is 167 g/mol. The molecule has 2 nitrogen and oxygen atoms in total. The van der Waals surface area contributed by atoms with Crippen molar-refractivity contribution < 1.29 is 4.74 Å². The maximum atomic E-state index is 5.99. The Labute approximate surface area is 76.6 Å². The number of nitrogens with two attached hydrogens (primary N) is 1. The second kappa shape index (κ2) is 5.38. The molecule has 2 unspecified atom stereocenters. The highest BCUT2D eigenvalue weighted by Crippen LogP contribution is 2.21. The fraction of sp³-hybridized carbons (Fsp3) is 0.778. The summed E-state index contributed by atoms with van der Waals surface area (Å²) in [4.78, 5) is 0. The minimum atomic E-state index is -0.594. The van der Waals surface area contributed by atoms with Gasteiger partial charge in [0.25, 0.3) is 0 Å². The summed E-state index contributed by atoms with van der Waals surface area (Å²) in [6, 6.07) is 0. The van der Waals surface area contributed by atoms with Gasteiger partial charge in [-0.05, 0) is 18.9 Å². The summed E-state index contributed by atoms with van der Waals surface area (Å²) >= 11 is 0. The summed E-state index contributed by atoms with van der Waals surface area (Å²) in [5.41, 5.74) is 4.93. The molecule has 0 spiro atoms. The zero-order chi connectivity index (χ0) is 9.61. The molecule has 0 amide bonds. The first kappa shape index (κ1) is 11.7. The number of hydrogen-bond donors (Lipinski definition) is 1. The molecule has 0 aliphatic rings. The predicted octanol–water partition coefficient (Wildman–Crippen LogP) is 1.06. The van der Waals surface area contributed by atoms with Crippen LogP contribution < -0.4 is 5.73 Å². The third-order valence-corrected chi connectivity index (χ3v) is 2.21. The summed E-state index contributed by atoms with van der Waals surface area (Å²) in [6.45, 7) is 8.58. The third kappa shape index (κ3) is 2.99. The molecule has 0 saturated carbocycles. The Hall–Kier alpha value is -0.275. The molecule has 12 heavy (non-hydrogen) atoms. The van der Waals surface area contributed by atoms with Crippen molar-refractivity contribution in [1.82, 2.24) is 0 Å². The van der Waals surface area contributed by atoms with E-state index in [2.05, 4.69) is 6.58 Å². The Bertz CT molecular complexity index is 140. The van der Waals surface area contributed by atoms with Gasteiger partial charge < -0.3 is 10.5 Å². The Morgan fingerprint density at radius 2 is 2.33 bits per heavy atom. The van der Waals surface area contributed by atoms with Crippen LogP contribution in [0.1, 0.15) is 20.3 Å². The molecule has 0 aliphatic carbocycles. The zero-order valence-electron chi connectivity index (χ0n) is 8.05. The summed E-state index contributed by atoms with van der Waals surface area (Å²) in [7, 11) is 5.99. The summed E-state index contributed by atoms with van der Waals surface area (Å²) in [6.07, 6.45) is 2.46. The van der Waals surface area contributed by atoms with Crippen molar-refractivity contribution in [3.63, 3.8) is 0 Å². The Morgan fingerprint density at radius 1 is 1.75 bits per heavy atom. The highest BCUT2D eigenvalue weighted by Gasteiger charge is 2.27. The van der Waals surface area contributed by atoms with Crippen LogP contribution >= 0.6 is 0 Å². The van der Waals surface area contributed by atoms with E-state index in [-0.39, 0.29) is 5.92 Å². The average Bonchev–Trinajstić information content (AvgIpc) is 2.12. The number of rotatable bonds is 6. The third-order valence-electron chi connectivity index (χ3n) is 2.21. The van der Waals surface area contributed by atoms with Gasteiger partial charge in [0.05, 0.1) is 6.61 Å². The largest absolute Gasteiger partial charge is 0.381 e. The van der Waals surface area contributed by atoms with E-state index in [4.69, 9.17) is 18.3 Å². The van der Waals surface area contributed by atoms with Crippen molar-refractivity contribution in [1.29, 1.82) is 0 Å². The maximum Gasteiger partial charge on any atom is 0.114 e. The lowest BCUT2D eigenvalue weighted by Crippen LogP contribution is -2.43. The van der Waals surface area contributed by atoms with Gasteiger partial charge in [0.2, 0.25) is 0 Å². The highest BCUT2D eigenvalue weighted by molar-refractivity contribution is 6.14. The molecule has 68 valence electrons. The van der Waals surface area contributed by atoms with Crippen LogP contribution in [-0.2, 0) is 4.74 Å². The lowest BCUT2D eigenvalue weighted by molar-refractivity contribution is -0.00311. The second-order valence-corrected chi connectivity index (χ2v) is 3.04. The van der Waals surface area contributed by atoms with Gasteiger partial charge in [-0.1, -0.05) is 19.9 Å². The Morgan fingerprint density at radius 3 is 2.67 bits per heavy atom. The lowest BCUT2D eigenvalue weighted by Gasteiger charge is -2.34. The summed E-state index contributed by atoms with van der Waals surface area (Å²) < 4.78 is 5.46. The normalized spacial score (nSPS) is 18.2. The molecule has 0 saturated heterocycles. The zero-order valence-corrected chi connectivity index (χ0v) is 8.05. The van der Waals surface area contributed by atoms with Crippen LogP contribution in [-0.4, -0.2) is 26.5 Å². The SMILES string of the molecule is [B]C(CC)(OCC=C)C(C)CN. The predicted molar refractivity (Wildman–Crippen MR) is 53.1 cm³/mol. The van der Waals surface area contributed by atoms with Crippen molar-refractivity contribution in [2.45, 2.75) is 25.8 Å². The van der Waals surface area contributed by atoms with Gasteiger partial charge >= 0.3 is 0 Å². The van der Waals surface area contributed by atoms with Crippen LogP contribution in [0.15, 0.2) is 12.7 Å². The van der Waals surface area contributed by atoms with Crippen LogP contribution in [0.25, 0.3) is 0 Å². The van der Waals surface area contributed by atoms with Crippen LogP contribution in [0.3, 0.4) is 0 Å². The molecule has 0 aromatic heterocycles. The van der Waals surface area contributed by atoms with E-state index in [1.807, 2.05) is 13.8 Å². The van der Waals surface area contributed by atoms with Gasteiger partial charge in [0, 0.05) is 5.50 Å². The Balaban J connectivity index is 4.11. The molecule has 0 rings (SSSR count). The van der Waals surface area contributed by atoms with Gasteiger partial charge in [-0.25, -0.2) is 0 Å². The van der Waals surface area contributed by atoms with Gasteiger partial charge in [-0.3, -0.25) is 0 Å². The van der Waals surface area contributed by atoms with Crippen molar-refractivity contribution in [3.8, 4) is 0 Å². The van der Waals surface area contributed by atoms with Gasteiger partial charge in [0.1, 0.15) is 7.85 Å². The van der Waals surface area contributed by atoms with Crippen LogP contribution in [0.5, 0.6) is 0 Å². The summed E-state index contributed by atoms with van der Waals surface area (Å²) in [5.74, 6) is 0.169. The maximum absolute atomic E-state index is 5.99. The van der Waals surface area contributed by atoms with Crippen molar-refractivity contribution >= 4 is 7.85 Å². The van der Waals surface area contributed by atoms with E-state index in [0.717, 1.165) is 6.42 Å². The molecule has 2 N–H and O–H groups in total. The van der Waals surface area contributed by atoms with E-state index in [1.165, 1.54) is 0 Å². The van der Waals surface area contributed by atoms with E-state index in [1.54, 1.807) is 6.08 Å². The fourth-order valence-electron chi connectivity index (χ4n) is 1.01. The quantitative estimate of drug-likeness (QED) is 0.474. The number of hydrogen-bond acceptors (Lipinski definition) is 2. The smallest absolute Gasteiger partial charge is 0.114 e. The van der Waals surface area contributed by atoms with E-state index in [0.29, 0.717) is 13.2 Å². The van der Waals surface area contributed by atoms with Crippen molar-refractivity contribution in [2.75, 3.05) is 13.2 Å². The van der Waals surface area contributed by atoms with Crippen LogP contribution in [0.4, 0.5) is 0 Å². The minimum Gasteiger partial charge on any atom is -0.381 e. The van der Waals surface area contributed by atoms with Gasteiger partial charge in [-0.2, -0.15) is 0 Å². The van der Waals surface area contributed by atoms with Gasteiger partial charge in [-0.15, -0.1) is 6.58 Å². The first-order valence-electron chi connectivity index (χ1n) is 4.34. The molecule has 0 heterocycles. The van der Waals surface area contributed by atoms with E-state index >= 15 is 0 Å². The number of ether oxygens (including phenoxy) is 1. The Kier molecular flexibility index (Phi) is 5.26. The topological polar surface area (TPSA) is 35.2 Å². The molecule has 0 bridgehead atoms. The molecule has 0 aliphatic heterocycles. The molecule has 0 aromatic rings. The molecular weight excluding hydrogens is 149 g/mol. The monoisotopic (exact) mass is 167 g/mol. The van der Waals surface area contributed by atoms with E-state index < -0.39 is 5.50 Å². The lowest BCUT2D eigenvalue weighted by atomic mass is 9.70. The minimum absolute atomic E-state index is 0.169. The molecule has 0 aromatic carbocycles. The molecule has 0 fully saturated rings. The van der Waals surface area contributed by atoms with Crippen molar-refractivity contribution in [2.24, 2.45) is 11.7 Å². The fourth-order valence-corrected chi connectivity index (χ4v) is 1.01. The van der Waals surface area contributed by atoms with E-state index in [9.17, 15) is 0 Å².